The quantitative estimate of drug-likeness (QED) is 0.788. The maximum atomic E-state index is 13.6. The number of likely N-dealkylation sites (tertiary alicyclic amines) is 1. The van der Waals surface area contributed by atoms with Gasteiger partial charge in [-0.05, 0) is 36.4 Å². The van der Waals surface area contributed by atoms with Crippen LogP contribution in [0, 0.1) is 11.6 Å². The van der Waals surface area contributed by atoms with Crippen LogP contribution in [0.15, 0.2) is 41.4 Å². The van der Waals surface area contributed by atoms with Crippen molar-refractivity contribution in [3.05, 3.63) is 57.9 Å². The van der Waals surface area contributed by atoms with E-state index >= 15 is 0 Å². The molecule has 1 fully saturated rings. The zero-order valence-electron chi connectivity index (χ0n) is 13.2. The van der Waals surface area contributed by atoms with Gasteiger partial charge in [0.05, 0.1) is 11.3 Å². The number of halogens is 2. The average Bonchev–Trinajstić information content (AvgIpc) is 3.31. The van der Waals surface area contributed by atoms with E-state index in [2.05, 4.69) is 0 Å². The summed E-state index contributed by atoms with van der Waals surface area (Å²) in [6.45, 7) is 1.41. The van der Waals surface area contributed by atoms with Crippen LogP contribution in [0.4, 0.5) is 14.5 Å². The molecule has 0 spiro atoms. The van der Waals surface area contributed by atoms with E-state index in [1.54, 1.807) is 6.07 Å². The summed E-state index contributed by atoms with van der Waals surface area (Å²) in [5, 5.41) is 1.84. The van der Waals surface area contributed by atoms with Gasteiger partial charge < -0.3 is 4.90 Å². The third kappa shape index (κ3) is 2.55. The van der Waals surface area contributed by atoms with E-state index in [0.717, 1.165) is 29.9 Å². The molecule has 1 aromatic heterocycles. The highest BCUT2D eigenvalue weighted by Gasteiger charge is 2.43. The summed E-state index contributed by atoms with van der Waals surface area (Å²) in [7, 11) is 0. The first-order valence-corrected chi connectivity index (χ1v) is 8.83. The van der Waals surface area contributed by atoms with Crippen molar-refractivity contribution in [2.24, 2.45) is 0 Å². The van der Waals surface area contributed by atoms with E-state index in [0.29, 0.717) is 29.2 Å². The summed E-state index contributed by atoms with van der Waals surface area (Å²) in [6.07, 6.45) is 1.90. The van der Waals surface area contributed by atoms with Gasteiger partial charge in [0, 0.05) is 24.0 Å². The molecule has 2 amide bonds. The highest BCUT2D eigenvalue weighted by atomic mass is 32.1. The molecule has 3 heterocycles. The van der Waals surface area contributed by atoms with Crippen molar-refractivity contribution in [1.82, 2.24) is 4.90 Å². The fourth-order valence-electron chi connectivity index (χ4n) is 3.25. The van der Waals surface area contributed by atoms with Crippen LogP contribution >= 0.6 is 11.3 Å². The van der Waals surface area contributed by atoms with Gasteiger partial charge in [-0.2, -0.15) is 0 Å². The molecule has 4 nitrogen and oxygen atoms in total. The molecular formula is C18H14F2N2O2S. The van der Waals surface area contributed by atoms with Crippen molar-refractivity contribution in [2.45, 2.75) is 12.8 Å². The summed E-state index contributed by atoms with van der Waals surface area (Å²) in [5.41, 5.74) is 0.735. The van der Waals surface area contributed by atoms with Crippen LogP contribution in [-0.2, 0) is 9.59 Å². The fourth-order valence-corrected chi connectivity index (χ4v) is 4.02. The van der Waals surface area contributed by atoms with Gasteiger partial charge >= 0.3 is 0 Å². The second-order valence-electron chi connectivity index (χ2n) is 5.94. The molecule has 0 bridgehead atoms. The molecule has 25 heavy (non-hydrogen) atoms. The van der Waals surface area contributed by atoms with Crippen molar-refractivity contribution in [3.63, 3.8) is 0 Å². The minimum atomic E-state index is -1.09. The lowest BCUT2D eigenvalue weighted by Crippen LogP contribution is -2.34. The van der Waals surface area contributed by atoms with E-state index in [1.807, 2.05) is 16.3 Å². The number of thiophene rings is 1. The second kappa shape index (κ2) is 6.07. The number of carbonyl (C=O) groups is 2. The number of carbonyl (C=O) groups excluding carboxylic acids is 2. The predicted molar refractivity (Wildman–Crippen MR) is 90.9 cm³/mol. The molecule has 7 heteroatoms. The first-order valence-electron chi connectivity index (χ1n) is 7.95. The van der Waals surface area contributed by atoms with Gasteiger partial charge in [-0.15, -0.1) is 11.3 Å². The predicted octanol–water partition coefficient (Wildman–Crippen LogP) is 3.41. The standard InChI is InChI=1S/C18H14F2N2O2S/c19-12-6-5-11(10-13(12)20)22-17(23)15(14-4-3-9-25-14)16(18(22)24)21-7-1-2-8-21/h3-6,9-10H,1-2,7-8H2. The van der Waals surface area contributed by atoms with Crippen LogP contribution in [0.3, 0.4) is 0 Å². The maximum absolute atomic E-state index is 13.6. The summed E-state index contributed by atoms with van der Waals surface area (Å²) >= 11 is 1.37. The number of anilines is 1. The fraction of sp³-hybridized carbons (Fsp3) is 0.222. The lowest BCUT2D eigenvalue weighted by molar-refractivity contribution is -0.120. The Morgan fingerprint density at radius 1 is 0.960 bits per heavy atom. The van der Waals surface area contributed by atoms with Crippen molar-refractivity contribution in [2.75, 3.05) is 18.0 Å². The van der Waals surface area contributed by atoms with Gasteiger partial charge in [-0.3, -0.25) is 9.59 Å². The largest absolute Gasteiger partial charge is 0.366 e. The lowest BCUT2D eigenvalue weighted by Gasteiger charge is -2.20. The molecular weight excluding hydrogens is 346 g/mol. The zero-order chi connectivity index (χ0) is 17.6. The van der Waals surface area contributed by atoms with Crippen molar-refractivity contribution < 1.29 is 18.4 Å². The molecule has 0 saturated carbocycles. The Morgan fingerprint density at radius 3 is 2.36 bits per heavy atom. The first kappa shape index (κ1) is 16.0. The van der Waals surface area contributed by atoms with Gasteiger partial charge in [0.15, 0.2) is 11.6 Å². The Bertz CT molecular complexity index is 886. The zero-order valence-corrected chi connectivity index (χ0v) is 14.0. The summed E-state index contributed by atoms with van der Waals surface area (Å²) in [4.78, 5) is 29.5. The summed E-state index contributed by atoms with van der Waals surface area (Å²) in [5.74, 6) is -3.10. The molecule has 2 aliphatic rings. The molecule has 4 rings (SSSR count). The smallest absolute Gasteiger partial charge is 0.282 e. The third-order valence-corrected chi connectivity index (χ3v) is 5.30. The van der Waals surface area contributed by atoms with Crippen LogP contribution in [0.25, 0.3) is 5.57 Å². The minimum absolute atomic E-state index is 0.0390. The van der Waals surface area contributed by atoms with Crippen LogP contribution in [0.1, 0.15) is 17.7 Å². The number of nitrogens with zero attached hydrogens (tertiary/aromatic N) is 2. The number of imide groups is 1. The van der Waals surface area contributed by atoms with E-state index in [9.17, 15) is 18.4 Å². The second-order valence-corrected chi connectivity index (χ2v) is 6.89. The van der Waals surface area contributed by atoms with E-state index < -0.39 is 23.4 Å². The monoisotopic (exact) mass is 360 g/mol. The molecule has 128 valence electrons. The molecule has 0 aliphatic carbocycles. The summed E-state index contributed by atoms with van der Waals surface area (Å²) < 4.78 is 26.8. The van der Waals surface area contributed by atoms with Gasteiger partial charge in [0.1, 0.15) is 5.70 Å². The third-order valence-electron chi connectivity index (χ3n) is 4.41. The van der Waals surface area contributed by atoms with Crippen LogP contribution in [-0.4, -0.2) is 29.8 Å². The van der Waals surface area contributed by atoms with E-state index in [1.165, 1.54) is 17.4 Å². The Hall–Kier alpha value is -2.54. The molecule has 0 unspecified atom stereocenters. The average molecular weight is 360 g/mol. The Morgan fingerprint density at radius 2 is 1.72 bits per heavy atom. The molecule has 1 aromatic carbocycles. The molecule has 1 saturated heterocycles. The van der Waals surface area contributed by atoms with Crippen molar-refractivity contribution >= 4 is 34.4 Å². The normalized spacial score (nSPS) is 18.0. The Labute approximate surface area is 147 Å². The van der Waals surface area contributed by atoms with Gasteiger partial charge in [-0.25, -0.2) is 13.7 Å². The number of rotatable bonds is 3. The highest BCUT2D eigenvalue weighted by Crippen LogP contribution is 2.37. The van der Waals surface area contributed by atoms with Crippen molar-refractivity contribution in [1.29, 1.82) is 0 Å². The van der Waals surface area contributed by atoms with Crippen molar-refractivity contribution in [3.8, 4) is 0 Å². The van der Waals surface area contributed by atoms with Crippen LogP contribution in [0.2, 0.25) is 0 Å². The lowest BCUT2D eigenvalue weighted by atomic mass is 10.2. The number of amides is 2. The molecule has 0 radical (unpaired) electrons. The van der Waals surface area contributed by atoms with Crippen LogP contribution < -0.4 is 4.90 Å². The number of benzene rings is 1. The van der Waals surface area contributed by atoms with E-state index in [-0.39, 0.29) is 5.69 Å². The Balaban J connectivity index is 1.82. The van der Waals surface area contributed by atoms with Crippen LogP contribution in [0.5, 0.6) is 0 Å². The SMILES string of the molecule is O=C1C(c2cccs2)=C(N2CCCC2)C(=O)N1c1ccc(F)c(F)c1. The van der Waals surface area contributed by atoms with E-state index in [4.69, 9.17) is 0 Å². The molecule has 0 N–H and O–H groups in total. The molecule has 2 aliphatic heterocycles. The first-order chi connectivity index (χ1) is 12.1. The maximum Gasteiger partial charge on any atom is 0.282 e. The molecule has 0 atom stereocenters. The minimum Gasteiger partial charge on any atom is -0.366 e. The molecule has 2 aromatic rings. The van der Waals surface area contributed by atoms with Gasteiger partial charge in [-0.1, -0.05) is 6.07 Å². The number of hydrogen-bond donors (Lipinski definition) is 0. The number of hydrogen-bond acceptors (Lipinski definition) is 4. The highest BCUT2D eigenvalue weighted by molar-refractivity contribution is 7.11. The van der Waals surface area contributed by atoms with Gasteiger partial charge in [0.2, 0.25) is 0 Å². The summed E-state index contributed by atoms with van der Waals surface area (Å²) in [6, 6.07) is 6.64. The Kier molecular flexibility index (Phi) is 3.88. The van der Waals surface area contributed by atoms with Gasteiger partial charge in [0.25, 0.3) is 11.8 Å². The topological polar surface area (TPSA) is 40.6 Å².